The number of rotatable bonds is 4. The SMILES string of the molecule is Cn1cncc1C(N)(c1ccc(Cl)cc1)c1ccc2c(c1)c(-c1cccc(Cl)c1)nc1nccn12. The van der Waals surface area contributed by atoms with Crippen LogP contribution in [-0.4, -0.2) is 23.9 Å². The largest absolute Gasteiger partial charge is 0.336 e. The molecule has 6 nitrogen and oxygen atoms in total. The summed E-state index contributed by atoms with van der Waals surface area (Å²) < 4.78 is 3.91. The molecule has 6 aromatic rings. The van der Waals surface area contributed by atoms with Crippen LogP contribution in [0.15, 0.2) is 91.6 Å². The number of benzene rings is 3. The lowest BCUT2D eigenvalue weighted by atomic mass is 9.80. The van der Waals surface area contributed by atoms with Crippen LogP contribution in [0, 0.1) is 0 Å². The molecule has 6 rings (SSSR count). The van der Waals surface area contributed by atoms with Gasteiger partial charge < -0.3 is 10.3 Å². The second kappa shape index (κ2) is 8.20. The van der Waals surface area contributed by atoms with Gasteiger partial charge in [-0.25, -0.2) is 15.0 Å². The van der Waals surface area contributed by atoms with Gasteiger partial charge in [0.2, 0.25) is 5.78 Å². The number of nitrogens with zero attached hydrogens (tertiary/aromatic N) is 5. The smallest absolute Gasteiger partial charge is 0.234 e. The van der Waals surface area contributed by atoms with Crippen molar-refractivity contribution in [2.45, 2.75) is 5.54 Å². The molecule has 0 aliphatic carbocycles. The first-order chi connectivity index (χ1) is 16.9. The summed E-state index contributed by atoms with van der Waals surface area (Å²) >= 11 is 12.5. The van der Waals surface area contributed by atoms with Crippen molar-refractivity contribution in [2.24, 2.45) is 12.8 Å². The van der Waals surface area contributed by atoms with Gasteiger partial charge in [-0.2, -0.15) is 0 Å². The summed E-state index contributed by atoms with van der Waals surface area (Å²) in [5, 5.41) is 2.22. The van der Waals surface area contributed by atoms with E-state index in [1.54, 1.807) is 18.7 Å². The Morgan fingerprint density at radius 3 is 2.46 bits per heavy atom. The van der Waals surface area contributed by atoms with Gasteiger partial charge in [0.25, 0.3) is 0 Å². The first-order valence-electron chi connectivity index (χ1n) is 11.0. The van der Waals surface area contributed by atoms with Crippen molar-refractivity contribution in [1.82, 2.24) is 23.9 Å². The molecule has 172 valence electrons. The molecular weight excluding hydrogens is 479 g/mol. The zero-order chi connectivity index (χ0) is 24.2. The molecule has 1 atom stereocenters. The van der Waals surface area contributed by atoms with E-state index in [0.717, 1.165) is 39.0 Å². The molecule has 0 saturated carbocycles. The Morgan fingerprint density at radius 1 is 0.914 bits per heavy atom. The number of aryl methyl sites for hydroxylation is 1. The molecule has 35 heavy (non-hydrogen) atoms. The molecule has 0 aliphatic rings. The zero-order valence-electron chi connectivity index (χ0n) is 18.7. The first-order valence-corrected chi connectivity index (χ1v) is 11.8. The lowest BCUT2D eigenvalue weighted by molar-refractivity contribution is 0.596. The van der Waals surface area contributed by atoms with E-state index < -0.39 is 5.54 Å². The lowest BCUT2D eigenvalue weighted by Gasteiger charge is -2.31. The highest BCUT2D eigenvalue weighted by Gasteiger charge is 2.35. The standard InChI is InChI=1S/C27H20Cl2N6/c1-34-16-31-15-24(34)27(30,18-5-8-20(28)9-6-18)19-7-10-23-22(14-19)25(17-3-2-4-21(29)13-17)33-26-32-11-12-35(23)26/h2-16H,30H2,1H3. The van der Waals surface area contributed by atoms with E-state index >= 15 is 0 Å². The third-order valence-corrected chi connectivity index (χ3v) is 6.90. The fourth-order valence-electron chi connectivity index (χ4n) is 4.68. The molecular formula is C27H20Cl2N6. The number of hydrogen-bond donors (Lipinski definition) is 1. The van der Waals surface area contributed by atoms with Gasteiger partial charge in [0.05, 0.1) is 29.4 Å². The molecule has 0 fully saturated rings. The maximum Gasteiger partial charge on any atom is 0.234 e. The van der Waals surface area contributed by atoms with Crippen LogP contribution in [-0.2, 0) is 12.6 Å². The second-order valence-electron chi connectivity index (χ2n) is 8.50. The quantitative estimate of drug-likeness (QED) is 0.331. The van der Waals surface area contributed by atoms with Crippen LogP contribution in [0.5, 0.6) is 0 Å². The Balaban J connectivity index is 1.68. The van der Waals surface area contributed by atoms with E-state index in [9.17, 15) is 0 Å². The maximum atomic E-state index is 7.29. The van der Waals surface area contributed by atoms with Crippen molar-refractivity contribution in [2.75, 3.05) is 0 Å². The first kappa shape index (κ1) is 21.8. The number of aromatic nitrogens is 5. The van der Waals surface area contributed by atoms with Crippen LogP contribution >= 0.6 is 23.2 Å². The molecule has 0 spiro atoms. The Hall–Kier alpha value is -3.71. The molecule has 0 aliphatic heterocycles. The predicted molar refractivity (Wildman–Crippen MR) is 140 cm³/mol. The Morgan fingerprint density at radius 2 is 1.71 bits per heavy atom. The summed E-state index contributed by atoms with van der Waals surface area (Å²) in [7, 11) is 1.94. The molecule has 1 unspecified atom stereocenters. The van der Waals surface area contributed by atoms with Gasteiger partial charge >= 0.3 is 0 Å². The average molecular weight is 499 g/mol. The minimum absolute atomic E-state index is 0.614. The van der Waals surface area contributed by atoms with Gasteiger partial charge in [0.1, 0.15) is 5.54 Å². The summed E-state index contributed by atoms with van der Waals surface area (Å²) in [5.74, 6) is 0.614. The molecule has 2 N–H and O–H groups in total. The zero-order valence-corrected chi connectivity index (χ0v) is 20.2. The fourth-order valence-corrected chi connectivity index (χ4v) is 4.99. The van der Waals surface area contributed by atoms with Crippen molar-refractivity contribution in [3.63, 3.8) is 0 Å². The minimum atomic E-state index is -0.987. The van der Waals surface area contributed by atoms with Crippen LogP contribution in [0.3, 0.4) is 0 Å². The monoisotopic (exact) mass is 498 g/mol. The van der Waals surface area contributed by atoms with Gasteiger partial charge in [-0.15, -0.1) is 0 Å². The normalized spacial score (nSPS) is 13.4. The topological polar surface area (TPSA) is 74.0 Å². The lowest BCUT2D eigenvalue weighted by Crippen LogP contribution is -2.40. The molecule has 8 heteroatoms. The highest BCUT2D eigenvalue weighted by molar-refractivity contribution is 6.31. The van der Waals surface area contributed by atoms with Gasteiger partial charge in [-0.05, 0) is 47.5 Å². The van der Waals surface area contributed by atoms with Crippen molar-refractivity contribution in [3.05, 3.63) is 119 Å². The van der Waals surface area contributed by atoms with Crippen LogP contribution < -0.4 is 5.73 Å². The molecule has 0 bridgehead atoms. The number of nitrogens with two attached hydrogens (primary N) is 1. The number of imidazole rings is 2. The van der Waals surface area contributed by atoms with E-state index in [2.05, 4.69) is 22.1 Å². The fraction of sp³-hybridized carbons (Fsp3) is 0.0741. The van der Waals surface area contributed by atoms with E-state index in [1.807, 2.05) is 76.8 Å². The summed E-state index contributed by atoms with van der Waals surface area (Å²) in [5.41, 5.74) is 11.6. The summed E-state index contributed by atoms with van der Waals surface area (Å²) in [6.07, 6.45) is 7.20. The van der Waals surface area contributed by atoms with Crippen LogP contribution in [0.25, 0.3) is 27.9 Å². The molecule has 3 aromatic heterocycles. The van der Waals surface area contributed by atoms with Gasteiger partial charge in [-0.3, -0.25) is 4.40 Å². The van der Waals surface area contributed by atoms with Gasteiger partial charge in [0.15, 0.2) is 0 Å². The Kier molecular flexibility index (Phi) is 5.11. The number of halogens is 2. The highest BCUT2D eigenvalue weighted by atomic mass is 35.5. The molecule has 0 amide bonds. The molecule has 3 aromatic carbocycles. The van der Waals surface area contributed by atoms with E-state index in [-0.39, 0.29) is 0 Å². The minimum Gasteiger partial charge on any atom is -0.336 e. The second-order valence-corrected chi connectivity index (χ2v) is 9.38. The van der Waals surface area contributed by atoms with Crippen molar-refractivity contribution in [1.29, 1.82) is 0 Å². The average Bonchev–Trinajstić information content (AvgIpc) is 3.52. The van der Waals surface area contributed by atoms with Gasteiger partial charge in [-0.1, -0.05) is 53.5 Å². The summed E-state index contributed by atoms with van der Waals surface area (Å²) in [6.45, 7) is 0. The molecule has 3 heterocycles. The molecule has 0 radical (unpaired) electrons. The third-order valence-electron chi connectivity index (χ3n) is 6.42. The van der Waals surface area contributed by atoms with Crippen molar-refractivity contribution < 1.29 is 0 Å². The van der Waals surface area contributed by atoms with E-state index in [4.69, 9.17) is 33.9 Å². The van der Waals surface area contributed by atoms with Crippen LogP contribution in [0.1, 0.15) is 16.8 Å². The number of hydrogen-bond acceptors (Lipinski definition) is 4. The maximum absolute atomic E-state index is 7.29. The van der Waals surface area contributed by atoms with Gasteiger partial charge in [0, 0.05) is 40.4 Å². The summed E-state index contributed by atoms with van der Waals surface area (Å²) in [6, 6.07) is 21.5. The van der Waals surface area contributed by atoms with E-state index in [0.29, 0.717) is 15.8 Å². The van der Waals surface area contributed by atoms with Crippen LogP contribution in [0.4, 0.5) is 0 Å². The van der Waals surface area contributed by atoms with E-state index in [1.165, 1.54) is 0 Å². The molecule has 0 saturated heterocycles. The predicted octanol–water partition coefficient (Wildman–Crippen LogP) is 5.84. The Labute approximate surface area is 211 Å². The highest BCUT2D eigenvalue weighted by Crippen LogP contribution is 2.38. The summed E-state index contributed by atoms with van der Waals surface area (Å²) in [4.78, 5) is 13.7. The third kappa shape index (κ3) is 3.49. The number of fused-ring (bicyclic) bond motifs is 3. The van der Waals surface area contributed by atoms with Crippen molar-refractivity contribution in [3.8, 4) is 11.3 Å². The van der Waals surface area contributed by atoms with Crippen molar-refractivity contribution >= 4 is 39.9 Å². The van der Waals surface area contributed by atoms with Crippen LogP contribution in [0.2, 0.25) is 10.0 Å². The Bertz CT molecular complexity index is 1700.